The highest BCUT2D eigenvalue weighted by molar-refractivity contribution is 7.80. The lowest BCUT2D eigenvalue weighted by Gasteiger charge is -2.24. The van der Waals surface area contributed by atoms with E-state index in [1.165, 1.54) is 12.5 Å². The molecule has 0 bridgehead atoms. The van der Waals surface area contributed by atoms with Gasteiger partial charge in [-0.3, -0.25) is 24.0 Å². The van der Waals surface area contributed by atoms with Gasteiger partial charge in [-0.25, -0.2) is 9.78 Å². The lowest BCUT2D eigenvalue weighted by molar-refractivity contribution is -0.143. The van der Waals surface area contributed by atoms with E-state index in [1.807, 2.05) is 0 Å². The number of rotatable bonds is 15. The minimum atomic E-state index is -1.65. The minimum Gasteiger partial charge on any atom is -0.481 e. The summed E-state index contributed by atoms with van der Waals surface area (Å²) in [5.41, 5.74) is 6.30. The summed E-state index contributed by atoms with van der Waals surface area (Å²) in [6.45, 7) is 0. The van der Waals surface area contributed by atoms with E-state index in [-0.39, 0.29) is 12.2 Å². The number of thiol groups is 1. The molecule has 9 N–H and O–H groups in total. The lowest BCUT2D eigenvalue weighted by atomic mass is 10.1. The molecule has 4 unspecified atom stereocenters. The molecule has 0 aliphatic carbocycles. The standard InChI is InChI=1S/C18H26N6O9S/c19-9(3-8-5-20-7-21-8)15(29)23-11(4-14(27)28)17(31)22-10(1-2-13(25)26)16(30)24-12(6-34)18(32)33/h5,7,9-12,34H,1-4,6,19H2,(H,20,21)(H,22,31)(H,23,29)(H,24,30)(H,25,26)(H,27,28)(H,32,33). The molecule has 0 saturated heterocycles. The van der Waals surface area contributed by atoms with E-state index in [4.69, 9.17) is 21.1 Å². The molecule has 0 aliphatic rings. The molecule has 34 heavy (non-hydrogen) atoms. The Morgan fingerprint density at radius 3 is 2.03 bits per heavy atom. The predicted molar refractivity (Wildman–Crippen MR) is 117 cm³/mol. The quantitative estimate of drug-likeness (QED) is 0.110. The third kappa shape index (κ3) is 9.86. The number of amides is 3. The molecule has 4 atom stereocenters. The van der Waals surface area contributed by atoms with Crippen molar-refractivity contribution in [3.63, 3.8) is 0 Å². The molecule has 1 aromatic heterocycles. The van der Waals surface area contributed by atoms with Gasteiger partial charge < -0.3 is 42.0 Å². The fraction of sp³-hybridized carbons (Fsp3) is 0.500. The Morgan fingerprint density at radius 2 is 1.53 bits per heavy atom. The highest BCUT2D eigenvalue weighted by Crippen LogP contribution is 2.04. The van der Waals surface area contributed by atoms with Crippen molar-refractivity contribution >= 4 is 48.3 Å². The topological polar surface area (TPSA) is 254 Å². The van der Waals surface area contributed by atoms with Crippen molar-refractivity contribution in [3.05, 3.63) is 18.2 Å². The van der Waals surface area contributed by atoms with E-state index in [1.54, 1.807) is 0 Å². The van der Waals surface area contributed by atoms with Gasteiger partial charge in [0.1, 0.15) is 18.1 Å². The molecular formula is C18H26N6O9S. The Morgan fingerprint density at radius 1 is 0.941 bits per heavy atom. The predicted octanol–water partition coefficient (Wildman–Crippen LogP) is -2.91. The van der Waals surface area contributed by atoms with Crippen LogP contribution in [-0.2, 0) is 35.2 Å². The molecule has 16 heteroatoms. The van der Waals surface area contributed by atoms with Crippen molar-refractivity contribution in [3.8, 4) is 0 Å². The number of imidazole rings is 1. The van der Waals surface area contributed by atoms with Gasteiger partial charge in [-0.05, 0) is 6.42 Å². The molecule has 0 radical (unpaired) electrons. The maximum Gasteiger partial charge on any atom is 0.327 e. The Balaban J connectivity index is 2.95. The van der Waals surface area contributed by atoms with Crippen molar-refractivity contribution in [1.82, 2.24) is 25.9 Å². The highest BCUT2D eigenvalue weighted by atomic mass is 32.1. The van der Waals surface area contributed by atoms with Crippen LogP contribution in [0.5, 0.6) is 0 Å². The summed E-state index contributed by atoms with van der Waals surface area (Å²) < 4.78 is 0. The summed E-state index contributed by atoms with van der Waals surface area (Å²) in [4.78, 5) is 77.3. The molecule has 188 valence electrons. The Hall–Kier alpha value is -3.66. The summed E-state index contributed by atoms with van der Waals surface area (Å²) in [7, 11) is 0. The normalized spacial score (nSPS) is 14.2. The number of carboxylic acids is 3. The number of nitrogens with zero attached hydrogens (tertiary/aromatic N) is 1. The van der Waals surface area contributed by atoms with Crippen LogP contribution in [-0.4, -0.2) is 90.8 Å². The van der Waals surface area contributed by atoms with E-state index in [2.05, 4.69) is 38.5 Å². The van der Waals surface area contributed by atoms with Gasteiger partial charge in [0, 0.05) is 30.5 Å². The fourth-order valence-electron chi connectivity index (χ4n) is 2.66. The largest absolute Gasteiger partial charge is 0.481 e. The molecule has 1 aromatic rings. The van der Waals surface area contributed by atoms with Crippen molar-refractivity contribution in [2.45, 2.75) is 49.9 Å². The highest BCUT2D eigenvalue weighted by Gasteiger charge is 2.31. The first-order valence-corrected chi connectivity index (χ1v) is 10.5. The SMILES string of the molecule is NC(Cc1cnc[nH]1)C(=O)NC(CC(=O)O)C(=O)NC(CCC(=O)O)C(=O)NC(CS)C(=O)O. The second-order valence-electron chi connectivity index (χ2n) is 7.12. The molecule has 3 amide bonds. The van der Waals surface area contributed by atoms with Crippen LogP contribution in [0.4, 0.5) is 0 Å². The van der Waals surface area contributed by atoms with Crippen LogP contribution in [0.2, 0.25) is 0 Å². The first-order valence-electron chi connectivity index (χ1n) is 9.85. The van der Waals surface area contributed by atoms with Crippen molar-refractivity contribution < 1.29 is 44.1 Å². The van der Waals surface area contributed by atoms with Crippen molar-refractivity contribution in [2.24, 2.45) is 5.73 Å². The Labute approximate surface area is 198 Å². The van der Waals surface area contributed by atoms with Crippen LogP contribution >= 0.6 is 12.6 Å². The van der Waals surface area contributed by atoms with Crippen molar-refractivity contribution in [1.29, 1.82) is 0 Å². The van der Waals surface area contributed by atoms with Gasteiger partial charge in [0.15, 0.2) is 0 Å². The first-order chi connectivity index (χ1) is 15.9. The number of hydrogen-bond acceptors (Lipinski definition) is 9. The summed E-state index contributed by atoms with van der Waals surface area (Å²) >= 11 is 3.80. The minimum absolute atomic E-state index is 0.0111. The second kappa shape index (κ2) is 13.8. The van der Waals surface area contributed by atoms with Crippen LogP contribution in [0.3, 0.4) is 0 Å². The number of carbonyl (C=O) groups excluding carboxylic acids is 3. The number of aromatic nitrogens is 2. The van der Waals surface area contributed by atoms with Crippen LogP contribution in [0.25, 0.3) is 0 Å². The van der Waals surface area contributed by atoms with Gasteiger partial charge in [-0.15, -0.1) is 0 Å². The molecule has 0 saturated carbocycles. The fourth-order valence-corrected chi connectivity index (χ4v) is 2.90. The third-order valence-electron chi connectivity index (χ3n) is 4.42. The molecule has 0 aliphatic heterocycles. The number of nitrogens with one attached hydrogen (secondary N) is 4. The maximum absolute atomic E-state index is 12.7. The van der Waals surface area contributed by atoms with Gasteiger partial charge >= 0.3 is 17.9 Å². The average Bonchev–Trinajstić information content (AvgIpc) is 3.26. The summed E-state index contributed by atoms with van der Waals surface area (Å²) in [5.74, 6) is -7.42. The van der Waals surface area contributed by atoms with Crippen LogP contribution in [0.1, 0.15) is 25.0 Å². The van der Waals surface area contributed by atoms with E-state index >= 15 is 0 Å². The number of aromatic amines is 1. The zero-order chi connectivity index (χ0) is 25.8. The second-order valence-corrected chi connectivity index (χ2v) is 7.49. The van der Waals surface area contributed by atoms with Gasteiger partial charge in [-0.2, -0.15) is 12.6 Å². The molecule has 1 rings (SSSR count). The van der Waals surface area contributed by atoms with E-state index in [0.717, 1.165) is 0 Å². The summed E-state index contributed by atoms with van der Waals surface area (Å²) in [6.07, 6.45) is 0.940. The monoisotopic (exact) mass is 502 g/mol. The number of H-pyrrole nitrogens is 1. The third-order valence-corrected chi connectivity index (χ3v) is 4.79. The van der Waals surface area contributed by atoms with E-state index in [9.17, 15) is 28.8 Å². The zero-order valence-corrected chi connectivity index (χ0v) is 18.7. The lowest BCUT2D eigenvalue weighted by Crippen LogP contribution is -2.57. The number of nitrogens with two attached hydrogens (primary N) is 1. The van der Waals surface area contributed by atoms with Gasteiger partial charge in [0.25, 0.3) is 0 Å². The van der Waals surface area contributed by atoms with Crippen LogP contribution in [0, 0.1) is 0 Å². The van der Waals surface area contributed by atoms with Gasteiger partial charge in [0.2, 0.25) is 17.7 Å². The number of aliphatic carboxylic acids is 3. The molecular weight excluding hydrogens is 476 g/mol. The van der Waals surface area contributed by atoms with Gasteiger partial charge in [0.05, 0.1) is 18.8 Å². The van der Waals surface area contributed by atoms with Crippen LogP contribution in [0.15, 0.2) is 12.5 Å². The molecule has 0 aromatic carbocycles. The smallest absolute Gasteiger partial charge is 0.327 e. The van der Waals surface area contributed by atoms with Crippen LogP contribution < -0.4 is 21.7 Å². The molecule has 0 fully saturated rings. The number of carboxylic acid groups (broad SMARTS) is 3. The maximum atomic E-state index is 12.7. The summed E-state index contributed by atoms with van der Waals surface area (Å²) in [6, 6.07) is -5.77. The Bertz CT molecular complexity index is 894. The van der Waals surface area contributed by atoms with Gasteiger partial charge in [-0.1, -0.05) is 0 Å². The molecule has 15 nitrogen and oxygen atoms in total. The zero-order valence-electron chi connectivity index (χ0n) is 17.8. The van der Waals surface area contributed by atoms with Crippen molar-refractivity contribution in [2.75, 3.05) is 5.75 Å². The Kier molecular flexibility index (Phi) is 11.5. The summed E-state index contributed by atoms with van der Waals surface area (Å²) in [5, 5.41) is 33.5. The number of carbonyl (C=O) groups is 6. The van der Waals surface area contributed by atoms with E-state index in [0.29, 0.717) is 5.69 Å². The first kappa shape index (κ1) is 28.4. The average molecular weight is 503 g/mol. The molecule has 0 spiro atoms. The molecule has 1 heterocycles. The van der Waals surface area contributed by atoms with E-state index < -0.39 is 79.1 Å². The number of hydrogen-bond donors (Lipinski definition) is 9.